The van der Waals surface area contributed by atoms with Gasteiger partial charge in [0.25, 0.3) is 5.91 Å². The lowest BCUT2D eigenvalue weighted by Crippen LogP contribution is -2.14. The fourth-order valence-electron chi connectivity index (χ4n) is 2.58. The standard InChI is InChI=1S/C18H11ClF5N3O/c1-27-8-11(16(26-27)18(22,23)24)9-6-7-13(15(21)14(9)20)25-17(28)10-4-2-3-5-12(10)19/h2-8H,1H3,(H,25,28). The molecule has 3 aromatic rings. The maximum absolute atomic E-state index is 14.5. The Morgan fingerprint density at radius 1 is 1.07 bits per heavy atom. The van der Waals surface area contributed by atoms with E-state index in [0.717, 1.165) is 23.0 Å². The summed E-state index contributed by atoms with van der Waals surface area (Å²) in [5.41, 5.74) is -3.10. The van der Waals surface area contributed by atoms with E-state index in [4.69, 9.17) is 11.6 Å². The summed E-state index contributed by atoms with van der Waals surface area (Å²) in [5, 5.41) is 5.52. The fraction of sp³-hybridized carbons (Fsp3) is 0.111. The van der Waals surface area contributed by atoms with Crippen molar-refractivity contribution in [2.24, 2.45) is 7.05 Å². The number of nitrogens with one attached hydrogen (secondary N) is 1. The maximum atomic E-state index is 14.5. The number of anilines is 1. The summed E-state index contributed by atoms with van der Waals surface area (Å²) >= 11 is 5.88. The third kappa shape index (κ3) is 3.70. The quantitative estimate of drug-likeness (QED) is 0.591. The summed E-state index contributed by atoms with van der Waals surface area (Å²) in [6.45, 7) is 0. The number of rotatable bonds is 3. The van der Waals surface area contributed by atoms with Gasteiger partial charge < -0.3 is 5.32 Å². The summed E-state index contributed by atoms with van der Waals surface area (Å²) in [5.74, 6) is -3.85. The van der Waals surface area contributed by atoms with Crippen LogP contribution in [0, 0.1) is 11.6 Å². The number of alkyl halides is 3. The third-order valence-electron chi connectivity index (χ3n) is 3.84. The minimum absolute atomic E-state index is 0.0275. The highest BCUT2D eigenvalue weighted by atomic mass is 35.5. The molecule has 0 atom stereocenters. The van der Waals surface area contributed by atoms with Gasteiger partial charge in [-0.3, -0.25) is 9.48 Å². The summed E-state index contributed by atoms with van der Waals surface area (Å²) in [6.07, 6.45) is -3.92. The lowest BCUT2D eigenvalue weighted by molar-refractivity contribution is -0.141. The van der Waals surface area contributed by atoms with Crippen LogP contribution in [0.3, 0.4) is 0 Å². The summed E-state index contributed by atoms with van der Waals surface area (Å²) in [6, 6.07) is 7.84. The van der Waals surface area contributed by atoms with Crippen molar-refractivity contribution in [1.29, 1.82) is 0 Å². The number of benzene rings is 2. The largest absolute Gasteiger partial charge is 0.435 e. The molecular weight excluding hydrogens is 405 g/mol. The van der Waals surface area contributed by atoms with Crippen molar-refractivity contribution in [3.63, 3.8) is 0 Å². The molecule has 0 aliphatic rings. The van der Waals surface area contributed by atoms with Crippen LogP contribution in [0.1, 0.15) is 16.1 Å². The van der Waals surface area contributed by atoms with E-state index in [2.05, 4.69) is 10.4 Å². The van der Waals surface area contributed by atoms with Crippen LogP contribution in [0.15, 0.2) is 42.6 Å². The molecule has 1 aromatic heterocycles. The number of nitrogens with zero attached hydrogens (tertiary/aromatic N) is 2. The molecule has 0 aliphatic carbocycles. The maximum Gasteiger partial charge on any atom is 0.435 e. The van der Waals surface area contributed by atoms with Gasteiger partial charge in [-0.1, -0.05) is 23.7 Å². The third-order valence-corrected chi connectivity index (χ3v) is 4.17. The van der Waals surface area contributed by atoms with Crippen LogP contribution in [-0.2, 0) is 13.2 Å². The molecule has 0 aliphatic heterocycles. The van der Waals surface area contributed by atoms with Crippen molar-refractivity contribution >= 4 is 23.2 Å². The molecule has 28 heavy (non-hydrogen) atoms. The molecule has 0 spiro atoms. The van der Waals surface area contributed by atoms with Gasteiger partial charge in [0.15, 0.2) is 17.3 Å². The Morgan fingerprint density at radius 3 is 2.39 bits per heavy atom. The number of carbonyl (C=O) groups is 1. The monoisotopic (exact) mass is 415 g/mol. The zero-order valence-electron chi connectivity index (χ0n) is 14.1. The Kier molecular flexibility index (Phi) is 5.12. The first-order valence-electron chi connectivity index (χ1n) is 7.74. The zero-order valence-corrected chi connectivity index (χ0v) is 14.9. The van der Waals surface area contributed by atoms with Gasteiger partial charge in [0, 0.05) is 24.4 Å². The highest BCUT2D eigenvalue weighted by Gasteiger charge is 2.38. The molecule has 1 heterocycles. The van der Waals surface area contributed by atoms with Crippen LogP contribution in [0.2, 0.25) is 5.02 Å². The molecule has 3 rings (SSSR count). The van der Waals surface area contributed by atoms with Crippen LogP contribution in [0.4, 0.5) is 27.6 Å². The van der Waals surface area contributed by atoms with Crippen LogP contribution >= 0.6 is 11.6 Å². The summed E-state index contributed by atoms with van der Waals surface area (Å²) < 4.78 is 69.1. The van der Waals surface area contributed by atoms with Crippen LogP contribution in [-0.4, -0.2) is 15.7 Å². The number of aryl methyl sites for hydroxylation is 1. The molecule has 0 saturated heterocycles. The molecule has 1 N–H and O–H groups in total. The molecule has 10 heteroatoms. The van der Waals surface area contributed by atoms with Gasteiger partial charge in [-0.15, -0.1) is 0 Å². The average Bonchev–Trinajstić information content (AvgIpc) is 3.01. The Hall–Kier alpha value is -2.94. The molecule has 2 aromatic carbocycles. The van der Waals surface area contributed by atoms with Crippen LogP contribution in [0.25, 0.3) is 11.1 Å². The van der Waals surface area contributed by atoms with Crippen LogP contribution in [0.5, 0.6) is 0 Å². The SMILES string of the molecule is Cn1cc(-c2ccc(NC(=O)c3ccccc3Cl)c(F)c2F)c(C(F)(F)F)n1. The predicted molar refractivity (Wildman–Crippen MR) is 93.0 cm³/mol. The van der Waals surface area contributed by atoms with Crippen molar-refractivity contribution in [3.05, 3.63) is 70.5 Å². The smallest absolute Gasteiger partial charge is 0.319 e. The first-order chi connectivity index (χ1) is 13.1. The predicted octanol–water partition coefficient (Wildman–Crippen LogP) is 5.29. The summed E-state index contributed by atoms with van der Waals surface area (Å²) in [4.78, 5) is 12.2. The first-order valence-corrected chi connectivity index (χ1v) is 8.12. The van der Waals surface area contributed by atoms with E-state index >= 15 is 0 Å². The molecule has 1 amide bonds. The normalized spacial score (nSPS) is 11.5. The van der Waals surface area contributed by atoms with Gasteiger partial charge in [-0.05, 0) is 24.3 Å². The van der Waals surface area contributed by atoms with E-state index < -0.39 is 46.2 Å². The summed E-state index contributed by atoms with van der Waals surface area (Å²) in [7, 11) is 1.23. The van der Waals surface area contributed by atoms with E-state index in [1.807, 2.05) is 0 Å². The molecule has 0 unspecified atom stereocenters. The highest BCUT2D eigenvalue weighted by Crippen LogP contribution is 2.38. The van der Waals surface area contributed by atoms with Gasteiger partial charge in [-0.25, -0.2) is 8.78 Å². The van der Waals surface area contributed by atoms with E-state index in [0.29, 0.717) is 0 Å². The Balaban J connectivity index is 1.99. The molecule has 0 bridgehead atoms. The molecule has 4 nitrogen and oxygen atoms in total. The number of amides is 1. The lowest BCUT2D eigenvalue weighted by Gasteiger charge is -2.11. The Bertz CT molecular complexity index is 1060. The van der Waals surface area contributed by atoms with E-state index in [-0.39, 0.29) is 10.6 Å². The van der Waals surface area contributed by atoms with Gasteiger partial charge in [0.05, 0.1) is 16.3 Å². The van der Waals surface area contributed by atoms with Gasteiger partial charge in [0.1, 0.15) is 0 Å². The second-order valence-corrected chi connectivity index (χ2v) is 6.19. The fourth-order valence-corrected chi connectivity index (χ4v) is 2.81. The van der Waals surface area contributed by atoms with Crippen molar-refractivity contribution in [1.82, 2.24) is 9.78 Å². The molecular formula is C18H11ClF5N3O. The number of halogens is 6. The molecule has 146 valence electrons. The Morgan fingerprint density at radius 2 is 1.75 bits per heavy atom. The van der Waals surface area contributed by atoms with E-state index in [1.54, 1.807) is 6.07 Å². The van der Waals surface area contributed by atoms with Crippen molar-refractivity contribution < 1.29 is 26.7 Å². The number of aromatic nitrogens is 2. The van der Waals surface area contributed by atoms with Gasteiger partial charge in [-0.2, -0.15) is 18.3 Å². The Labute approximate surface area is 160 Å². The topological polar surface area (TPSA) is 46.9 Å². The van der Waals surface area contributed by atoms with Crippen molar-refractivity contribution in [3.8, 4) is 11.1 Å². The zero-order chi connectivity index (χ0) is 20.6. The number of hydrogen-bond acceptors (Lipinski definition) is 2. The minimum atomic E-state index is -4.85. The van der Waals surface area contributed by atoms with Crippen molar-refractivity contribution in [2.45, 2.75) is 6.18 Å². The molecule has 0 fully saturated rings. The molecule has 0 saturated carbocycles. The minimum Gasteiger partial charge on any atom is -0.319 e. The van der Waals surface area contributed by atoms with E-state index in [9.17, 15) is 26.7 Å². The van der Waals surface area contributed by atoms with E-state index in [1.165, 1.54) is 25.2 Å². The lowest BCUT2D eigenvalue weighted by atomic mass is 10.0. The van der Waals surface area contributed by atoms with Crippen molar-refractivity contribution in [2.75, 3.05) is 5.32 Å². The highest BCUT2D eigenvalue weighted by molar-refractivity contribution is 6.34. The second kappa shape index (κ2) is 7.23. The first kappa shape index (κ1) is 19.8. The van der Waals surface area contributed by atoms with Gasteiger partial charge >= 0.3 is 6.18 Å². The number of hydrogen-bond donors (Lipinski definition) is 1. The number of carbonyl (C=O) groups excluding carboxylic acids is 1. The molecule has 0 radical (unpaired) electrons. The van der Waals surface area contributed by atoms with Crippen LogP contribution < -0.4 is 5.32 Å². The second-order valence-electron chi connectivity index (χ2n) is 5.79. The average molecular weight is 416 g/mol. The van der Waals surface area contributed by atoms with Gasteiger partial charge in [0.2, 0.25) is 0 Å².